The van der Waals surface area contributed by atoms with Gasteiger partial charge in [0, 0.05) is 16.8 Å². The average Bonchev–Trinajstić information content (AvgIpc) is 2.80. The quantitative estimate of drug-likeness (QED) is 0.890. The lowest BCUT2D eigenvalue weighted by atomic mass is 10.2. The minimum absolute atomic E-state index is 0.0627. The summed E-state index contributed by atoms with van der Waals surface area (Å²) in [6, 6.07) is 4.02. The topological polar surface area (TPSA) is 41.1 Å². The number of amides is 1. The van der Waals surface area contributed by atoms with Crippen molar-refractivity contribution in [1.82, 2.24) is 5.32 Å². The maximum Gasteiger partial charge on any atom is 0.242 e. The Morgan fingerprint density at radius 3 is 2.68 bits per heavy atom. The van der Waals surface area contributed by atoms with Gasteiger partial charge in [0.25, 0.3) is 0 Å². The van der Waals surface area contributed by atoms with Crippen LogP contribution in [0, 0.1) is 5.82 Å². The molecule has 1 atom stereocenters. The van der Waals surface area contributed by atoms with Gasteiger partial charge in [-0.05, 0) is 38.0 Å². The first kappa shape index (κ1) is 14.1. The Hall–Kier alpha value is -1.29. The molecule has 1 saturated carbocycles. The van der Waals surface area contributed by atoms with E-state index < -0.39 is 11.9 Å². The summed E-state index contributed by atoms with van der Waals surface area (Å²) in [5.74, 6) is -0.481. The normalized spacial score (nSPS) is 17.2. The summed E-state index contributed by atoms with van der Waals surface area (Å²) in [6.45, 7) is 1.75. The molecule has 3 nitrogen and oxygen atoms in total. The lowest BCUT2D eigenvalue weighted by molar-refractivity contribution is -0.122. The monoisotopic (exact) mass is 284 g/mol. The minimum Gasteiger partial charge on any atom is -0.374 e. The lowest BCUT2D eigenvalue weighted by Crippen LogP contribution is -2.42. The third-order valence-corrected chi connectivity index (χ3v) is 3.56. The largest absolute Gasteiger partial charge is 0.374 e. The number of anilines is 1. The van der Waals surface area contributed by atoms with Crippen LogP contribution < -0.4 is 10.6 Å². The zero-order chi connectivity index (χ0) is 13.8. The van der Waals surface area contributed by atoms with Gasteiger partial charge in [0.2, 0.25) is 5.91 Å². The van der Waals surface area contributed by atoms with Gasteiger partial charge in [-0.15, -0.1) is 0 Å². The van der Waals surface area contributed by atoms with Crippen LogP contribution in [0.3, 0.4) is 0 Å². The maximum atomic E-state index is 13.2. The molecule has 0 heterocycles. The van der Waals surface area contributed by atoms with Crippen molar-refractivity contribution in [3.63, 3.8) is 0 Å². The molecule has 0 aromatic heterocycles. The van der Waals surface area contributed by atoms with E-state index in [1.807, 2.05) is 0 Å². The van der Waals surface area contributed by atoms with Gasteiger partial charge in [-0.3, -0.25) is 4.79 Å². The standard InChI is InChI=1S/C14H18ClFN2O/c1-9(14(19)18-12-4-2-3-5-12)17-13-7-10(15)6-11(16)8-13/h6-9,12,17H,2-5H2,1H3,(H,18,19). The molecule has 0 spiro atoms. The molecule has 1 amide bonds. The Morgan fingerprint density at radius 2 is 2.05 bits per heavy atom. The fourth-order valence-corrected chi connectivity index (χ4v) is 2.57. The third-order valence-electron chi connectivity index (χ3n) is 3.34. The van der Waals surface area contributed by atoms with E-state index in [-0.39, 0.29) is 11.9 Å². The number of carbonyl (C=O) groups is 1. The number of carbonyl (C=O) groups excluding carboxylic acids is 1. The fourth-order valence-electron chi connectivity index (χ4n) is 2.35. The van der Waals surface area contributed by atoms with Crippen molar-refractivity contribution < 1.29 is 9.18 Å². The molecule has 0 aliphatic heterocycles. The Bertz CT molecular complexity index is 441. The first-order chi connectivity index (χ1) is 9.04. The van der Waals surface area contributed by atoms with Crippen LogP contribution in [0.15, 0.2) is 18.2 Å². The van der Waals surface area contributed by atoms with Crippen LogP contribution in [-0.2, 0) is 4.79 Å². The highest BCUT2D eigenvalue weighted by atomic mass is 35.5. The van der Waals surface area contributed by atoms with Crippen LogP contribution in [0.4, 0.5) is 10.1 Å². The van der Waals surface area contributed by atoms with Crippen LogP contribution in [-0.4, -0.2) is 18.0 Å². The van der Waals surface area contributed by atoms with Crippen LogP contribution in [0.25, 0.3) is 0 Å². The Balaban J connectivity index is 1.91. The van der Waals surface area contributed by atoms with Gasteiger partial charge in [0.05, 0.1) is 0 Å². The summed E-state index contributed by atoms with van der Waals surface area (Å²) in [6.07, 6.45) is 4.44. The molecule has 0 bridgehead atoms. The van der Waals surface area contributed by atoms with E-state index in [1.165, 1.54) is 25.0 Å². The zero-order valence-electron chi connectivity index (χ0n) is 10.9. The van der Waals surface area contributed by atoms with E-state index in [9.17, 15) is 9.18 Å². The fraction of sp³-hybridized carbons (Fsp3) is 0.500. The summed E-state index contributed by atoms with van der Waals surface area (Å²) in [4.78, 5) is 12.0. The van der Waals surface area contributed by atoms with Crippen LogP contribution in [0.1, 0.15) is 32.6 Å². The molecule has 5 heteroatoms. The van der Waals surface area contributed by atoms with Crippen molar-refractivity contribution in [2.24, 2.45) is 0 Å². The van der Waals surface area contributed by atoms with Gasteiger partial charge in [-0.1, -0.05) is 24.4 Å². The van der Waals surface area contributed by atoms with Gasteiger partial charge in [-0.25, -0.2) is 4.39 Å². The van der Waals surface area contributed by atoms with Crippen molar-refractivity contribution in [2.45, 2.75) is 44.7 Å². The minimum atomic E-state index is -0.418. The lowest BCUT2D eigenvalue weighted by Gasteiger charge is -2.18. The van der Waals surface area contributed by atoms with Crippen LogP contribution in [0.2, 0.25) is 5.02 Å². The van der Waals surface area contributed by atoms with E-state index in [4.69, 9.17) is 11.6 Å². The SMILES string of the molecule is CC(Nc1cc(F)cc(Cl)c1)C(=O)NC1CCCC1. The highest BCUT2D eigenvalue weighted by Crippen LogP contribution is 2.20. The van der Waals surface area contributed by atoms with Gasteiger partial charge >= 0.3 is 0 Å². The molecule has 2 N–H and O–H groups in total. The van der Waals surface area contributed by atoms with Crippen molar-refractivity contribution in [3.8, 4) is 0 Å². The van der Waals surface area contributed by atoms with Crippen LogP contribution in [0.5, 0.6) is 0 Å². The molecular weight excluding hydrogens is 267 g/mol. The Morgan fingerprint density at radius 1 is 1.37 bits per heavy atom. The average molecular weight is 285 g/mol. The Labute approximate surface area is 117 Å². The van der Waals surface area contributed by atoms with Crippen molar-refractivity contribution in [2.75, 3.05) is 5.32 Å². The maximum absolute atomic E-state index is 13.2. The second-order valence-corrected chi connectivity index (χ2v) is 5.45. The smallest absolute Gasteiger partial charge is 0.242 e. The van der Waals surface area contributed by atoms with E-state index >= 15 is 0 Å². The van der Waals surface area contributed by atoms with E-state index in [0.29, 0.717) is 10.7 Å². The molecule has 0 saturated heterocycles. The number of halogens is 2. The molecule has 1 aromatic carbocycles. The second-order valence-electron chi connectivity index (χ2n) is 5.01. The molecule has 1 aliphatic rings. The van der Waals surface area contributed by atoms with Gasteiger partial charge in [0.1, 0.15) is 11.9 Å². The number of nitrogens with one attached hydrogen (secondary N) is 2. The predicted molar refractivity (Wildman–Crippen MR) is 74.9 cm³/mol. The molecule has 0 radical (unpaired) electrons. The molecule has 104 valence electrons. The number of benzene rings is 1. The highest BCUT2D eigenvalue weighted by Gasteiger charge is 2.20. The highest BCUT2D eigenvalue weighted by molar-refractivity contribution is 6.30. The van der Waals surface area contributed by atoms with Crippen LogP contribution >= 0.6 is 11.6 Å². The van der Waals surface area contributed by atoms with Gasteiger partial charge in [0.15, 0.2) is 0 Å². The van der Waals surface area contributed by atoms with Crippen molar-refractivity contribution >= 4 is 23.2 Å². The summed E-state index contributed by atoms with van der Waals surface area (Å²) in [5, 5.41) is 6.27. The molecule has 1 unspecified atom stereocenters. The second kappa shape index (κ2) is 6.24. The Kier molecular flexibility index (Phi) is 4.64. The van der Waals surface area contributed by atoms with Crippen molar-refractivity contribution in [1.29, 1.82) is 0 Å². The first-order valence-electron chi connectivity index (χ1n) is 6.57. The van der Waals surface area contributed by atoms with Gasteiger partial charge < -0.3 is 10.6 Å². The molecule has 1 aromatic rings. The van der Waals surface area contributed by atoms with E-state index in [2.05, 4.69) is 10.6 Å². The van der Waals surface area contributed by atoms with Gasteiger partial charge in [-0.2, -0.15) is 0 Å². The number of rotatable bonds is 4. The third kappa shape index (κ3) is 4.10. The van der Waals surface area contributed by atoms with Crippen molar-refractivity contribution in [3.05, 3.63) is 29.0 Å². The zero-order valence-corrected chi connectivity index (χ0v) is 11.6. The summed E-state index contributed by atoms with van der Waals surface area (Å²) >= 11 is 5.77. The molecule has 1 aliphatic carbocycles. The number of hydrogen-bond acceptors (Lipinski definition) is 2. The summed E-state index contributed by atoms with van der Waals surface area (Å²) in [5.41, 5.74) is 0.513. The summed E-state index contributed by atoms with van der Waals surface area (Å²) < 4.78 is 13.2. The first-order valence-corrected chi connectivity index (χ1v) is 6.95. The molecule has 19 heavy (non-hydrogen) atoms. The van der Waals surface area contributed by atoms with E-state index in [1.54, 1.807) is 13.0 Å². The molecular formula is C14H18ClFN2O. The predicted octanol–water partition coefficient (Wildman–Crippen LogP) is 3.34. The molecule has 1 fully saturated rings. The number of hydrogen-bond donors (Lipinski definition) is 2. The summed E-state index contributed by atoms with van der Waals surface area (Å²) in [7, 11) is 0. The van der Waals surface area contributed by atoms with E-state index in [0.717, 1.165) is 12.8 Å². The molecule has 2 rings (SSSR count).